The standard InChI is InChI=1S/C13H21N3/c1-10-5-7-14-9-13(10)16-11(2)8-12-4-3-6-15-12/h5,7,9,11-12,15-16H,3-4,6,8H2,1-2H3. The van der Waals surface area contributed by atoms with Gasteiger partial charge >= 0.3 is 0 Å². The topological polar surface area (TPSA) is 37.0 Å². The highest BCUT2D eigenvalue weighted by Gasteiger charge is 2.17. The van der Waals surface area contributed by atoms with Crippen molar-refractivity contribution in [3.63, 3.8) is 0 Å². The second kappa shape index (κ2) is 5.30. The quantitative estimate of drug-likeness (QED) is 0.816. The van der Waals surface area contributed by atoms with E-state index in [0.29, 0.717) is 12.1 Å². The minimum atomic E-state index is 0.499. The molecule has 3 nitrogen and oxygen atoms in total. The van der Waals surface area contributed by atoms with Crippen LogP contribution in [0, 0.1) is 6.92 Å². The zero-order valence-electron chi connectivity index (χ0n) is 10.2. The van der Waals surface area contributed by atoms with Crippen molar-refractivity contribution in [2.24, 2.45) is 0 Å². The van der Waals surface area contributed by atoms with Crippen LogP contribution in [0.4, 0.5) is 5.69 Å². The number of rotatable bonds is 4. The molecule has 2 atom stereocenters. The van der Waals surface area contributed by atoms with Crippen LogP contribution in [0.15, 0.2) is 18.5 Å². The number of aryl methyl sites for hydroxylation is 1. The van der Waals surface area contributed by atoms with Crippen molar-refractivity contribution in [3.05, 3.63) is 24.0 Å². The Balaban J connectivity index is 1.86. The highest BCUT2D eigenvalue weighted by atomic mass is 15.0. The molecule has 3 heteroatoms. The van der Waals surface area contributed by atoms with Gasteiger partial charge in [0.15, 0.2) is 0 Å². The van der Waals surface area contributed by atoms with E-state index in [2.05, 4.69) is 29.5 Å². The summed E-state index contributed by atoms with van der Waals surface area (Å²) in [5.41, 5.74) is 2.43. The molecule has 88 valence electrons. The number of aromatic nitrogens is 1. The fourth-order valence-electron chi connectivity index (χ4n) is 2.32. The molecule has 16 heavy (non-hydrogen) atoms. The predicted octanol–water partition coefficient (Wildman–Crippen LogP) is 2.33. The zero-order chi connectivity index (χ0) is 11.4. The highest BCUT2D eigenvalue weighted by Crippen LogP contribution is 2.16. The molecule has 0 bridgehead atoms. The SMILES string of the molecule is Cc1ccncc1NC(C)CC1CCCN1. The molecule has 1 saturated heterocycles. The van der Waals surface area contributed by atoms with Gasteiger partial charge in [-0.15, -0.1) is 0 Å². The van der Waals surface area contributed by atoms with Gasteiger partial charge < -0.3 is 10.6 Å². The van der Waals surface area contributed by atoms with Crippen LogP contribution in [-0.4, -0.2) is 23.6 Å². The number of hydrogen-bond donors (Lipinski definition) is 2. The van der Waals surface area contributed by atoms with Gasteiger partial charge in [-0.2, -0.15) is 0 Å². The lowest BCUT2D eigenvalue weighted by atomic mass is 10.1. The lowest BCUT2D eigenvalue weighted by Gasteiger charge is -2.20. The van der Waals surface area contributed by atoms with Gasteiger partial charge in [-0.3, -0.25) is 4.98 Å². The molecule has 1 aromatic rings. The van der Waals surface area contributed by atoms with Crippen molar-refractivity contribution < 1.29 is 0 Å². The van der Waals surface area contributed by atoms with Crippen LogP contribution in [0.3, 0.4) is 0 Å². The molecular formula is C13H21N3. The Kier molecular flexibility index (Phi) is 3.78. The van der Waals surface area contributed by atoms with Crippen LogP contribution >= 0.6 is 0 Å². The first-order chi connectivity index (χ1) is 7.75. The van der Waals surface area contributed by atoms with Crippen molar-refractivity contribution in [1.29, 1.82) is 0 Å². The molecule has 1 aliphatic rings. The summed E-state index contributed by atoms with van der Waals surface area (Å²) in [4.78, 5) is 4.15. The lowest BCUT2D eigenvalue weighted by molar-refractivity contribution is 0.523. The van der Waals surface area contributed by atoms with E-state index in [4.69, 9.17) is 0 Å². The van der Waals surface area contributed by atoms with Gasteiger partial charge in [-0.25, -0.2) is 0 Å². The second-order valence-corrected chi connectivity index (χ2v) is 4.76. The maximum Gasteiger partial charge on any atom is 0.0558 e. The molecule has 2 heterocycles. The van der Waals surface area contributed by atoms with Gasteiger partial charge in [0.2, 0.25) is 0 Å². The van der Waals surface area contributed by atoms with E-state index in [0.717, 1.165) is 5.69 Å². The third kappa shape index (κ3) is 2.95. The molecule has 0 saturated carbocycles. The summed E-state index contributed by atoms with van der Waals surface area (Å²) < 4.78 is 0. The van der Waals surface area contributed by atoms with E-state index in [1.165, 1.54) is 31.4 Å². The van der Waals surface area contributed by atoms with E-state index >= 15 is 0 Å². The number of anilines is 1. The highest BCUT2D eigenvalue weighted by molar-refractivity contribution is 5.48. The van der Waals surface area contributed by atoms with E-state index in [9.17, 15) is 0 Å². The van der Waals surface area contributed by atoms with Crippen LogP contribution in [0.2, 0.25) is 0 Å². The summed E-state index contributed by atoms with van der Waals surface area (Å²) in [7, 11) is 0. The van der Waals surface area contributed by atoms with Crippen molar-refractivity contribution >= 4 is 5.69 Å². The van der Waals surface area contributed by atoms with Gasteiger partial charge in [0.1, 0.15) is 0 Å². The monoisotopic (exact) mass is 219 g/mol. The Morgan fingerprint density at radius 2 is 2.50 bits per heavy atom. The first kappa shape index (κ1) is 11.4. The fraction of sp³-hybridized carbons (Fsp3) is 0.615. The minimum Gasteiger partial charge on any atom is -0.381 e. The summed E-state index contributed by atoms with van der Waals surface area (Å²) >= 11 is 0. The first-order valence-corrected chi connectivity index (χ1v) is 6.16. The largest absolute Gasteiger partial charge is 0.381 e. The molecule has 2 rings (SSSR count). The number of nitrogens with zero attached hydrogens (tertiary/aromatic N) is 1. The number of nitrogens with one attached hydrogen (secondary N) is 2. The van der Waals surface area contributed by atoms with Crippen molar-refractivity contribution in [2.75, 3.05) is 11.9 Å². The van der Waals surface area contributed by atoms with Gasteiger partial charge in [0.25, 0.3) is 0 Å². The Morgan fingerprint density at radius 1 is 1.62 bits per heavy atom. The third-order valence-corrected chi connectivity index (χ3v) is 3.24. The smallest absolute Gasteiger partial charge is 0.0558 e. The zero-order valence-corrected chi connectivity index (χ0v) is 10.2. The fourth-order valence-corrected chi connectivity index (χ4v) is 2.32. The maximum atomic E-state index is 4.15. The number of pyridine rings is 1. The van der Waals surface area contributed by atoms with Crippen LogP contribution in [0.1, 0.15) is 31.7 Å². The van der Waals surface area contributed by atoms with E-state index in [1.807, 2.05) is 18.5 Å². The normalized spacial score (nSPS) is 22.0. The van der Waals surface area contributed by atoms with Crippen LogP contribution in [0.25, 0.3) is 0 Å². The maximum absolute atomic E-state index is 4.15. The molecule has 1 fully saturated rings. The average Bonchev–Trinajstić information content (AvgIpc) is 2.74. The molecule has 1 aromatic heterocycles. The van der Waals surface area contributed by atoms with Crippen LogP contribution in [0.5, 0.6) is 0 Å². The third-order valence-electron chi connectivity index (χ3n) is 3.24. The Hall–Kier alpha value is -1.09. The lowest BCUT2D eigenvalue weighted by Crippen LogP contribution is -2.29. The Bertz CT molecular complexity index is 332. The molecule has 0 aromatic carbocycles. The van der Waals surface area contributed by atoms with Crippen molar-refractivity contribution in [1.82, 2.24) is 10.3 Å². The molecule has 0 spiro atoms. The molecule has 2 unspecified atom stereocenters. The van der Waals surface area contributed by atoms with E-state index in [1.54, 1.807) is 0 Å². The molecule has 0 radical (unpaired) electrons. The average molecular weight is 219 g/mol. The van der Waals surface area contributed by atoms with E-state index < -0.39 is 0 Å². The predicted molar refractivity (Wildman–Crippen MR) is 67.7 cm³/mol. The Morgan fingerprint density at radius 3 is 3.19 bits per heavy atom. The van der Waals surface area contributed by atoms with Gasteiger partial charge in [-0.05, 0) is 51.3 Å². The van der Waals surface area contributed by atoms with Gasteiger partial charge in [-0.1, -0.05) is 0 Å². The van der Waals surface area contributed by atoms with Gasteiger partial charge in [0, 0.05) is 18.3 Å². The molecular weight excluding hydrogens is 198 g/mol. The summed E-state index contributed by atoms with van der Waals surface area (Å²) in [6.07, 6.45) is 7.58. The molecule has 2 N–H and O–H groups in total. The molecule has 0 aliphatic carbocycles. The minimum absolute atomic E-state index is 0.499. The summed E-state index contributed by atoms with van der Waals surface area (Å²) in [5, 5.41) is 7.07. The first-order valence-electron chi connectivity index (χ1n) is 6.16. The Labute approximate surface area is 97.7 Å². The summed E-state index contributed by atoms with van der Waals surface area (Å²) in [6.45, 7) is 5.54. The van der Waals surface area contributed by atoms with Crippen LogP contribution < -0.4 is 10.6 Å². The van der Waals surface area contributed by atoms with Crippen LogP contribution in [-0.2, 0) is 0 Å². The van der Waals surface area contributed by atoms with Crippen molar-refractivity contribution in [3.8, 4) is 0 Å². The summed E-state index contributed by atoms with van der Waals surface area (Å²) in [6, 6.07) is 3.24. The molecule has 0 amide bonds. The van der Waals surface area contributed by atoms with E-state index in [-0.39, 0.29) is 0 Å². The van der Waals surface area contributed by atoms with Gasteiger partial charge in [0.05, 0.1) is 11.9 Å². The molecule has 1 aliphatic heterocycles. The summed E-state index contributed by atoms with van der Waals surface area (Å²) in [5.74, 6) is 0. The second-order valence-electron chi connectivity index (χ2n) is 4.76. The van der Waals surface area contributed by atoms with Crippen molar-refractivity contribution in [2.45, 2.75) is 45.2 Å². The number of hydrogen-bond acceptors (Lipinski definition) is 3.